The van der Waals surface area contributed by atoms with Crippen LogP contribution >= 0.6 is 11.3 Å². The molecule has 1 aliphatic rings. The van der Waals surface area contributed by atoms with Gasteiger partial charge in [0, 0.05) is 32.1 Å². The molecule has 76 valence electrons. The van der Waals surface area contributed by atoms with Crippen molar-refractivity contribution in [1.29, 1.82) is 0 Å². The first-order chi connectivity index (χ1) is 6.85. The first kappa shape index (κ1) is 9.52. The summed E-state index contributed by atoms with van der Waals surface area (Å²) in [6, 6.07) is 2.22. The number of aliphatic imine (C=N–C) groups is 1. The lowest BCUT2D eigenvalue weighted by Crippen LogP contribution is -2.42. The van der Waals surface area contributed by atoms with Gasteiger partial charge in [-0.25, -0.2) is 0 Å². The molecule has 1 aromatic rings. The molecule has 2 heterocycles. The largest absolute Gasteiger partial charge is 0.359 e. The highest BCUT2D eigenvalue weighted by Crippen LogP contribution is 2.23. The first-order valence-corrected chi connectivity index (χ1v) is 5.68. The molecular formula is C10H15N3S. The maximum Gasteiger partial charge on any atom is 0.193 e. The van der Waals surface area contributed by atoms with Crippen molar-refractivity contribution in [3.8, 4) is 0 Å². The number of nitrogens with one attached hydrogen (secondary N) is 1. The summed E-state index contributed by atoms with van der Waals surface area (Å²) in [6.07, 6.45) is 1.15. The van der Waals surface area contributed by atoms with Gasteiger partial charge in [-0.05, 0) is 23.4 Å². The van der Waals surface area contributed by atoms with Gasteiger partial charge in [0.15, 0.2) is 5.96 Å². The van der Waals surface area contributed by atoms with Crippen molar-refractivity contribution < 1.29 is 0 Å². The van der Waals surface area contributed by atoms with E-state index in [0.29, 0.717) is 0 Å². The Labute approximate surface area is 88.5 Å². The number of thiophene rings is 1. The summed E-state index contributed by atoms with van der Waals surface area (Å²) in [5.74, 6) is 0.988. The van der Waals surface area contributed by atoms with Crippen LogP contribution in [0.3, 0.4) is 0 Å². The van der Waals surface area contributed by atoms with E-state index in [1.54, 1.807) is 0 Å². The van der Waals surface area contributed by atoms with Crippen LogP contribution in [0.4, 0.5) is 0 Å². The first-order valence-electron chi connectivity index (χ1n) is 4.80. The maximum absolute atomic E-state index is 4.22. The third-order valence-corrected chi connectivity index (χ3v) is 3.57. The summed E-state index contributed by atoms with van der Waals surface area (Å²) in [5, 5.41) is 5.30. The van der Waals surface area contributed by atoms with Gasteiger partial charge in [0.25, 0.3) is 0 Å². The average molecular weight is 209 g/mol. The molecular weight excluding hydrogens is 194 g/mol. The molecule has 0 fully saturated rings. The van der Waals surface area contributed by atoms with Gasteiger partial charge in [-0.2, -0.15) is 0 Å². The van der Waals surface area contributed by atoms with E-state index in [-0.39, 0.29) is 0 Å². The fourth-order valence-electron chi connectivity index (χ4n) is 1.84. The van der Waals surface area contributed by atoms with Gasteiger partial charge in [0.05, 0.1) is 0 Å². The summed E-state index contributed by atoms with van der Waals surface area (Å²) in [7, 11) is 3.75. The Morgan fingerprint density at radius 2 is 2.50 bits per heavy atom. The van der Waals surface area contributed by atoms with Gasteiger partial charge >= 0.3 is 0 Å². The number of hydrogen-bond acceptors (Lipinski definition) is 2. The molecule has 0 spiro atoms. The summed E-state index contributed by atoms with van der Waals surface area (Å²) < 4.78 is 0. The molecule has 0 unspecified atom stereocenters. The second-order valence-corrected chi connectivity index (χ2v) is 4.34. The van der Waals surface area contributed by atoms with Crippen LogP contribution in [0, 0.1) is 0 Å². The smallest absolute Gasteiger partial charge is 0.193 e. The van der Waals surface area contributed by atoms with Crippen molar-refractivity contribution >= 4 is 17.3 Å². The molecule has 0 saturated heterocycles. The zero-order valence-corrected chi connectivity index (χ0v) is 9.40. The van der Waals surface area contributed by atoms with Gasteiger partial charge in [-0.3, -0.25) is 4.99 Å². The Hall–Kier alpha value is -1.03. The molecule has 14 heavy (non-hydrogen) atoms. The Balaban J connectivity index is 2.14. The molecule has 0 amide bonds. The van der Waals surface area contributed by atoms with Crippen LogP contribution in [-0.2, 0) is 13.0 Å². The zero-order valence-electron chi connectivity index (χ0n) is 8.58. The molecule has 1 aliphatic heterocycles. The van der Waals surface area contributed by atoms with E-state index in [1.165, 1.54) is 10.4 Å². The van der Waals surface area contributed by atoms with E-state index < -0.39 is 0 Å². The molecule has 1 aromatic heterocycles. The van der Waals surface area contributed by atoms with E-state index >= 15 is 0 Å². The predicted octanol–water partition coefficient (Wildman–Crippen LogP) is 1.31. The van der Waals surface area contributed by atoms with Crippen molar-refractivity contribution in [2.45, 2.75) is 13.0 Å². The minimum Gasteiger partial charge on any atom is -0.359 e. The molecule has 2 rings (SSSR count). The Morgan fingerprint density at radius 3 is 3.21 bits per heavy atom. The van der Waals surface area contributed by atoms with Crippen LogP contribution in [0.5, 0.6) is 0 Å². The monoisotopic (exact) mass is 209 g/mol. The van der Waals surface area contributed by atoms with Crippen molar-refractivity contribution in [3.05, 3.63) is 21.9 Å². The zero-order chi connectivity index (χ0) is 9.97. The van der Waals surface area contributed by atoms with Gasteiger partial charge in [-0.1, -0.05) is 0 Å². The Kier molecular flexibility index (Phi) is 2.72. The third-order valence-electron chi connectivity index (χ3n) is 2.54. The van der Waals surface area contributed by atoms with Gasteiger partial charge in [0.2, 0.25) is 0 Å². The minimum absolute atomic E-state index is 0.988. The lowest BCUT2D eigenvalue weighted by molar-refractivity contribution is 0.385. The number of rotatable bonds is 0. The van der Waals surface area contributed by atoms with Crippen LogP contribution < -0.4 is 5.32 Å². The SMILES string of the molecule is CN=C(NC)N1CCc2sccc2C1. The molecule has 0 aliphatic carbocycles. The standard InChI is InChI=1S/C10H15N3S/c1-11-10(12-2)13-5-3-9-8(7-13)4-6-14-9/h4,6H,3,5,7H2,1-2H3,(H,11,12). The summed E-state index contributed by atoms with van der Waals surface area (Å²) >= 11 is 1.87. The third kappa shape index (κ3) is 1.62. The van der Waals surface area contributed by atoms with Crippen molar-refractivity contribution in [3.63, 3.8) is 0 Å². The topological polar surface area (TPSA) is 27.6 Å². The molecule has 0 radical (unpaired) electrons. The number of fused-ring (bicyclic) bond motifs is 1. The summed E-state index contributed by atoms with van der Waals surface area (Å²) in [4.78, 5) is 8.04. The molecule has 0 aromatic carbocycles. The van der Waals surface area contributed by atoms with Crippen LogP contribution in [0.2, 0.25) is 0 Å². The second kappa shape index (κ2) is 4.00. The van der Waals surface area contributed by atoms with E-state index in [4.69, 9.17) is 0 Å². The molecule has 0 bridgehead atoms. The van der Waals surface area contributed by atoms with E-state index in [1.807, 2.05) is 25.4 Å². The second-order valence-electron chi connectivity index (χ2n) is 3.34. The predicted molar refractivity (Wildman–Crippen MR) is 60.9 cm³/mol. The fraction of sp³-hybridized carbons (Fsp3) is 0.500. The molecule has 3 nitrogen and oxygen atoms in total. The summed E-state index contributed by atoms with van der Waals surface area (Å²) in [6.45, 7) is 2.06. The van der Waals surface area contributed by atoms with Gasteiger partial charge in [0.1, 0.15) is 0 Å². The maximum atomic E-state index is 4.22. The highest BCUT2D eigenvalue weighted by atomic mass is 32.1. The van der Waals surface area contributed by atoms with Crippen molar-refractivity contribution in [1.82, 2.24) is 10.2 Å². The quantitative estimate of drug-likeness (QED) is 0.515. The molecule has 0 saturated carbocycles. The highest BCUT2D eigenvalue weighted by molar-refractivity contribution is 7.10. The van der Waals surface area contributed by atoms with Gasteiger partial charge < -0.3 is 10.2 Å². The Bertz CT molecular complexity index is 343. The normalized spacial score (nSPS) is 16.7. The molecule has 1 N–H and O–H groups in total. The van der Waals surface area contributed by atoms with Crippen LogP contribution in [0.15, 0.2) is 16.4 Å². The lowest BCUT2D eigenvalue weighted by Gasteiger charge is -2.29. The van der Waals surface area contributed by atoms with E-state index in [0.717, 1.165) is 25.5 Å². The van der Waals surface area contributed by atoms with Crippen molar-refractivity contribution in [2.75, 3.05) is 20.6 Å². The van der Waals surface area contributed by atoms with E-state index in [9.17, 15) is 0 Å². The van der Waals surface area contributed by atoms with Crippen LogP contribution in [0.1, 0.15) is 10.4 Å². The number of hydrogen-bond donors (Lipinski definition) is 1. The molecule has 4 heteroatoms. The minimum atomic E-state index is 0.988. The van der Waals surface area contributed by atoms with Gasteiger partial charge in [-0.15, -0.1) is 11.3 Å². The average Bonchev–Trinajstić information content (AvgIpc) is 2.66. The Morgan fingerprint density at radius 1 is 1.64 bits per heavy atom. The van der Waals surface area contributed by atoms with Crippen molar-refractivity contribution in [2.24, 2.45) is 4.99 Å². The van der Waals surface area contributed by atoms with Crippen LogP contribution in [0.25, 0.3) is 0 Å². The number of nitrogens with zero attached hydrogens (tertiary/aromatic N) is 2. The highest BCUT2D eigenvalue weighted by Gasteiger charge is 2.18. The fourth-order valence-corrected chi connectivity index (χ4v) is 2.73. The summed E-state index contributed by atoms with van der Waals surface area (Å²) in [5.41, 5.74) is 1.46. The van der Waals surface area contributed by atoms with E-state index in [2.05, 4.69) is 26.7 Å². The lowest BCUT2D eigenvalue weighted by atomic mass is 10.1. The molecule has 0 atom stereocenters. The number of guanidine groups is 1. The van der Waals surface area contributed by atoms with Crippen LogP contribution in [-0.4, -0.2) is 31.5 Å².